The third-order valence-electron chi connectivity index (χ3n) is 4.38. The number of nitrogens with one attached hydrogen (secondary N) is 1. The summed E-state index contributed by atoms with van der Waals surface area (Å²) in [7, 11) is -3.16. The molecule has 0 amide bonds. The first-order valence-corrected chi connectivity index (χ1v) is 10.7. The molecule has 2 aromatic rings. The van der Waals surface area contributed by atoms with Gasteiger partial charge in [-0.25, -0.2) is 8.42 Å². The molecular weight excluding hydrogens is 364 g/mol. The topological polar surface area (TPSA) is 49.4 Å². The average molecular weight is 387 g/mol. The number of rotatable bonds is 5. The first-order valence-electron chi connectivity index (χ1n) is 8.58. The van der Waals surface area contributed by atoms with Crippen molar-refractivity contribution in [3.63, 3.8) is 0 Å². The molecule has 0 radical (unpaired) electrons. The first kappa shape index (κ1) is 18.6. The second-order valence-corrected chi connectivity index (χ2v) is 8.64. The fraction of sp³-hybridized carbons (Fsp3) is 0.250. The van der Waals surface area contributed by atoms with Crippen LogP contribution in [-0.4, -0.2) is 30.2 Å². The molecule has 0 aromatic heterocycles. The van der Waals surface area contributed by atoms with Crippen LogP contribution in [0.2, 0.25) is 0 Å². The van der Waals surface area contributed by atoms with E-state index in [0.29, 0.717) is 11.7 Å². The number of benzene rings is 2. The second kappa shape index (κ2) is 8.01. The van der Waals surface area contributed by atoms with Gasteiger partial charge in [0.25, 0.3) is 0 Å². The smallest absolute Gasteiger partial charge is 0.174 e. The molecule has 0 fully saturated rings. The molecule has 136 valence electrons. The Bertz CT molecular complexity index is 891. The summed E-state index contributed by atoms with van der Waals surface area (Å²) < 4.78 is 23.7. The summed E-state index contributed by atoms with van der Waals surface area (Å²) in [6.45, 7) is 2.66. The van der Waals surface area contributed by atoms with Gasteiger partial charge in [0, 0.05) is 17.6 Å². The Morgan fingerprint density at radius 1 is 1.12 bits per heavy atom. The number of anilines is 1. The van der Waals surface area contributed by atoms with Crippen molar-refractivity contribution in [1.29, 1.82) is 0 Å². The molecule has 26 heavy (non-hydrogen) atoms. The second-order valence-electron chi connectivity index (χ2n) is 6.32. The molecule has 0 unspecified atom stereocenters. The van der Waals surface area contributed by atoms with Gasteiger partial charge in [-0.05, 0) is 48.0 Å². The molecule has 0 spiro atoms. The van der Waals surface area contributed by atoms with E-state index in [-0.39, 0.29) is 11.8 Å². The fourth-order valence-corrected chi connectivity index (χ4v) is 4.51. The Morgan fingerprint density at radius 2 is 1.81 bits per heavy atom. The number of hydrogen-bond acceptors (Lipinski definition) is 3. The van der Waals surface area contributed by atoms with Crippen molar-refractivity contribution in [3.05, 3.63) is 77.2 Å². The van der Waals surface area contributed by atoms with Gasteiger partial charge in [-0.15, -0.1) is 0 Å². The molecular formula is C20H22N2O2S2. The van der Waals surface area contributed by atoms with Crippen LogP contribution in [-0.2, 0) is 22.8 Å². The SMILES string of the molecule is CCc1ccc(NC(=S)N(Cc2ccccc2)[C@H]2C=CS(=O)(=O)C2)cc1. The Kier molecular flexibility index (Phi) is 5.74. The van der Waals surface area contributed by atoms with Crippen molar-refractivity contribution >= 4 is 32.9 Å². The number of hydrogen-bond donors (Lipinski definition) is 1. The summed E-state index contributed by atoms with van der Waals surface area (Å²) in [6.07, 6.45) is 2.70. The highest BCUT2D eigenvalue weighted by Gasteiger charge is 2.28. The highest BCUT2D eigenvalue weighted by atomic mass is 32.2. The van der Waals surface area contributed by atoms with Gasteiger partial charge >= 0.3 is 0 Å². The quantitative estimate of drug-likeness (QED) is 0.793. The minimum atomic E-state index is -3.16. The van der Waals surface area contributed by atoms with Crippen LogP contribution >= 0.6 is 12.2 Å². The largest absolute Gasteiger partial charge is 0.337 e. The van der Waals surface area contributed by atoms with Crippen LogP contribution in [0.1, 0.15) is 18.1 Å². The normalized spacial score (nSPS) is 17.8. The molecule has 3 rings (SSSR count). The lowest BCUT2D eigenvalue weighted by atomic mass is 10.1. The van der Waals surface area contributed by atoms with E-state index in [1.165, 1.54) is 11.0 Å². The molecule has 2 aromatic carbocycles. The van der Waals surface area contributed by atoms with E-state index in [1.54, 1.807) is 6.08 Å². The van der Waals surface area contributed by atoms with Gasteiger partial charge in [0.1, 0.15) is 0 Å². The molecule has 0 saturated carbocycles. The molecule has 1 atom stereocenters. The number of nitrogens with zero attached hydrogens (tertiary/aromatic N) is 1. The summed E-state index contributed by atoms with van der Waals surface area (Å²) in [6, 6.07) is 17.8. The molecule has 1 heterocycles. The van der Waals surface area contributed by atoms with Crippen molar-refractivity contribution in [2.75, 3.05) is 11.1 Å². The van der Waals surface area contributed by atoms with Gasteiger partial charge in [0.05, 0.1) is 11.8 Å². The lowest BCUT2D eigenvalue weighted by Gasteiger charge is -2.30. The zero-order valence-corrected chi connectivity index (χ0v) is 16.3. The highest BCUT2D eigenvalue weighted by molar-refractivity contribution is 7.94. The van der Waals surface area contributed by atoms with Crippen molar-refractivity contribution in [2.24, 2.45) is 0 Å². The van der Waals surface area contributed by atoms with Crippen molar-refractivity contribution in [3.8, 4) is 0 Å². The number of aryl methyl sites for hydroxylation is 1. The summed E-state index contributed by atoms with van der Waals surface area (Å²) in [5, 5.41) is 5.05. The van der Waals surface area contributed by atoms with Gasteiger partial charge in [0.2, 0.25) is 0 Å². The van der Waals surface area contributed by atoms with Gasteiger partial charge < -0.3 is 10.2 Å². The molecule has 1 aliphatic heterocycles. The Morgan fingerprint density at radius 3 is 2.38 bits per heavy atom. The van der Waals surface area contributed by atoms with Crippen molar-refractivity contribution < 1.29 is 8.42 Å². The third-order valence-corrected chi connectivity index (χ3v) is 6.10. The number of thiocarbonyl (C=S) groups is 1. The van der Waals surface area contributed by atoms with E-state index in [4.69, 9.17) is 12.2 Å². The van der Waals surface area contributed by atoms with E-state index in [0.717, 1.165) is 17.7 Å². The minimum Gasteiger partial charge on any atom is -0.337 e. The van der Waals surface area contributed by atoms with Gasteiger partial charge in [-0.3, -0.25) is 0 Å². The molecule has 0 saturated heterocycles. The lowest BCUT2D eigenvalue weighted by Crippen LogP contribution is -2.42. The van der Waals surface area contributed by atoms with E-state index in [2.05, 4.69) is 24.4 Å². The van der Waals surface area contributed by atoms with E-state index < -0.39 is 9.84 Å². The fourth-order valence-electron chi connectivity index (χ4n) is 2.89. The predicted molar refractivity (Wildman–Crippen MR) is 111 cm³/mol. The zero-order chi connectivity index (χ0) is 18.6. The van der Waals surface area contributed by atoms with Crippen molar-refractivity contribution in [2.45, 2.75) is 25.9 Å². The zero-order valence-electron chi connectivity index (χ0n) is 14.6. The van der Waals surface area contributed by atoms with Crippen LogP contribution in [0, 0.1) is 0 Å². The highest BCUT2D eigenvalue weighted by Crippen LogP contribution is 2.20. The minimum absolute atomic E-state index is 0.0520. The lowest BCUT2D eigenvalue weighted by molar-refractivity contribution is 0.380. The Balaban J connectivity index is 1.79. The van der Waals surface area contributed by atoms with Crippen LogP contribution in [0.15, 0.2) is 66.1 Å². The van der Waals surface area contributed by atoms with Crippen molar-refractivity contribution in [1.82, 2.24) is 4.90 Å². The molecule has 4 nitrogen and oxygen atoms in total. The van der Waals surface area contributed by atoms with E-state index in [9.17, 15) is 8.42 Å². The molecule has 0 aliphatic carbocycles. The van der Waals surface area contributed by atoms with Crippen LogP contribution in [0.4, 0.5) is 5.69 Å². The summed E-state index contributed by atoms with van der Waals surface area (Å²) in [5.74, 6) is 0.0520. The van der Waals surface area contributed by atoms with E-state index >= 15 is 0 Å². The molecule has 1 N–H and O–H groups in total. The Labute approximate surface area is 160 Å². The summed E-state index contributed by atoms with van der Waals surface area (Å²) in [4.78, 5) is 1.93. The van der Waals surface area contributed by atoms with Gasteiger partial charge in [-0.1, -0.05) is 49.4 Å². The molecule has 6 heteroatoms. The van der Waals surface area contributed by atoms with Crippen LogP contribution in [0.3, 0.4) is 0 Å². The van der Waals surface area contributed by atoms with Crippen LogP contribution in [0.5, 0.6) is 0 Å². The molecule has 0 bridgehead atoms. The third kappa shape index (κ3) is 4.71. The maximum atomic E-state index is 11.9. The maximum absolute atomic E-state index is 11.9. The predicted octanol–water partition coefficient (Wildman–Crippen LogP) is 3.76. The van der Waals surface area contributed by atoms with Crippen LogP contribution in [0.25, 0.3) is 0 Å². The first-order chi connectivity index (χ1) is 12.5. The van der Waals surface area contributed by atoms with Crippen LogP contribution < -0.4 is 5.32 Å². The number of sulfone groups is 1. The summed E-state index contributed by atoms with van der Waals surface area (Å²) >= 11 is 5.62. The standard InChI is InChI=1S/C20H22N2O2S2/c1-2-16-8-10-18(11-9-16)21-20(25)22(14-17-6-4-3-5-7-17)19-12-13-26(23,24)15-19/h3-13,19H,2,14-15H2,1H3,(H,21,25)/t19-/m0/s1. The van der Waals surface area contributed by atoms with Gasteiger partial charge in [-0.2, -0.15) is 0 Å². The monoisotopic (exact) mass is 386 g/mol. The molecule has 1 aliphatic rings. The maximum Gasteiger partial charge on any atom is 0.174 e. The van der Waals surface area contributed by atoms with E-state index in [1.807, 2.05) is 47.4 Å². The average Bonchev–Trinajstić information content (AvgIpc) is 3.00. The van der Waals surface area contributed by atoms with Gasteiger partial charge in [0.15, 0.2) is 14.9 Å². The summed E-state index contributed by atoms with van der Waals surface area (Å²) in [5.41, 5.74) is 3.23. The Hall–Kier alpha value is -2.18.